The van der Waals surface area contributed by atoms with Gasteiger partial charge < -0.3 is 4.74 Å². The molecule has 1 rings (SSSR count). The van der Waals surface area contributed by atoms with Gasteiger partial charge in [-0.3, -0.25) is 4.79 Å². The Bertz CT molecular complexity index is 382. The molecule has 0 N–H and O–H groups in total. The second-order valence-electron chi connectivity index (χ2n) is 3.17. The molecule has 0 bridgehead atoms. The van der Waals surface area contributed by atoms with Gasteiger partial charge in [0, 0.05) is 0 Å². The summed E-state index contributed by atoms with van der Waals surface area (Å²) >= 11 is 3.13. The molecule has 5 heteroatoms. The van der Waals surface area contributed by atoms with Crippen LogP contribution in [-0.2, 0) is 16.0 Å². The summed E-state index contributed by atoms with van der Waals surface area (Å²) in [5.74, 6) is -2.22. The summed E-state index contributed by atoms with van der Waals surface area (Å²) in [5, 5.41) is 0. The molecule has 0 fully saturated rings. The maximum Gasteiger partial charge on any atom is 0.320 e. The Morgan fingerprint density at radius 2 is 2.12 bits per heavy atom. The molecule has 0 radical (unpaired) electrons. The minimum absolute atomic E-state index is 0.260. The van der Waals surface area contributed by atoms with Crippen LogP contribution in [-0.4, -0.2) is 17.4 Å². The number of ether oxygens (including phenoxy) is 1. The lowest BCUT2D eigenvalue weighted by atomic mass is 10.1. The van der Waals surface area contributed by atoms with Crippen molar-refractivity contribution >= 4 is 21.9 Å². The lowest BCUT2D eigenvalue weighted by Crippen LogP contribution is -2.19. The van der Waals surface area contributed by atoms with Gasteiger partial charge >= 0.3 is 5.97 Å². The summed E-state index contributed by atoms with van der Waals surface area (Å²) in [6, 6.07) is 3.55. The number of hydrogen-bond donors (Lipinski definition) is 0. The third-order valence-electron chi connectivity index (χ3n) is 1.94. The molecule has 88 valence electrons. The van der Waals surface area contributed by atoms with Crippen LogP contribution in [0.15, 0.2) is 18.2 Å². The molecule has 0 amide bonds. The zero-order valence-corrected chi connectivity index (χ0v) is 10.3. The second-order valence-corrected chi connectivity index (χ2v) is 4.28. The van der Waals surface area contributed by atoms with E-state index in [0.29, 0.717) is 12.2 Å². The van der Waals surface area contributed by atoms with Crippen LogP contribution in [0.3, 0.4) is 0 Å². The third kappa shape index (κ3) is 3.56. The highest BCUT2D eigenvalue weighted by Crippen LogP contribution is 2.14. The fourth-order valence-corrected chi connectivity index (χ4v) is 1.70. The molecule has 0 aliphatic carbocycles. The van der Waals surface area contributed by atoms with E-state index in [1.165, 1.54) is 6.07 Å². The summed E-state index contributed by atoms with van der Waals surface area (Å²) in [5.41, 5.74) is 0.536. The van der Waals surface area contributed by atoms with E-state index in [0.717, 1.165) is 12.1 Å². The van der Waals surface area contributed by atoms with Crippen LogP contribution >= 0.6 is 15.9 Å². The predicted molar refractivity (Wildman–Crippen MR) is 59.4 cm³/mol. The first-order chi connectivity index (χ1) is 7.54. The van der Waals surface area contributed by atoms with Crippen LogP contribution in [0, 0.1) is 11.6 Å². The van der Waals surface area contributed by atoms with Crippen molar-refractivity contribution in [3.05, 3.63) is 35.4 Å². The van der Waals surface area contributed by atoms with Crippen LogP contribution in [0.2, 0.25) is 0 Å². The maximum absolute atomic E-state index is 12.9. The molecule has 1 aromatic carbocycles. The number of benzene rings is 1. The Hall–Kier alpha value is -0.970. The topological polar surface area (TPSA) is 26.3 Å². The van der Waals surface area contributed by atoms with Gasteiger partial charge in [0.1, 0.15) is 4.83 Å². The van der Waals surface area contributed by atoms with Gasteiger partial charge in [-0.15, -0.1) is 0 Å². The van der Waals surface area contributed by atoms with Crippen LogP contribution in [0.5, 0.6) is 0 Å². The normalized spacial score (nSPS) is 12.2. The number of alkyl halides is 1. The highest BCUT2D eigenvalue weighted by Gasteiger charge is 2.17. The van der Waals surface area contributed by atoms with E-state index in [-0.39, 0.29) is 6.42 Å². The van der Waals surface area contributed by atoms with Crippen LogP contribution in [0.4, 0.5) is 8.78 Å². The molecule has 0 heterocycles. The van der Waals surface area contributed by atoms with Crippen molar-refractivity contribution in [3.8, 4) is 0 Å². The van der Waals surface area contributed by atoms with E-state index >= 15 is 0 Å². The molecule has 0 spiro atoms. The van der Waals surface area contributed by atoms with Crippen molar-refractivity contribution in [2.24, 2.45) is 0 Å². The van der Waals surface area contributed by atoms with E-state index in [1.54, 1.807) is 6.92 Å². The number of halogens is 3. The zero-order valence-electron chi connectivity index (χ0n) is 8.67. The van der Waals surface area contributed by atoms with Gasteiger partial charge in [0.15, 0.2) is 11.6 Å². The summed E-state index contributed by atoms with van der Waals surface area (Å²) < 4.78 is 30.3. The van der Waals surface area contributed by atoms with Gasteiger partial charge in [-0.25, -0.2) is 8.78 Å². The standard InChI is InChI=1S/C11H11BrF2O2/c1-2-16-11(15)8(12)5-7-3-4-9(13)10(14)6-7/h3-4,6,8H,2,5H2,1H3. The van der Waals surface area contributed by atoms with Gasteiger partial charge in [0.05, 0.1) is 6.61 Å². The molecule has 1 atom stereocenters. The first-order valence-corrected chi connectivity index (χ1v) is 5.70. The largest absolute Gasteiger partial charge is 0.465 e. The van der Waals surface area contributed by atoms with Crippen molar-refractivity contribution < 1.29 is 18.3 Å². The Labute approximate surface area is 101 Å². The van der Waals surface area contributed by atoms with Gasteiger partial charge in [-0.1, -0.05) is 22.0 Å². The summed E-state index contributed by atoms with van der Waals surface area (Å²) in [6.07, 6.45) is 0.260. The monoisotopic (exact) mass is 292 g/mol. The Balaban J connectivity index is 2.66. The van der Waals surface area contributed by atoms with Gasteiger partial charge in [0.2, 0.25) is 0 Å². The predicted octanol–water partition coefficient (Wildman–Crippen LogP) is 2.83. The van der Waals surface area contributed by atoms with Crippen LogP contribution < -0.4 is 0 Å². The number of hydrogen-bond acceptors (Lipinski definition) is 2. The molecular formula is C11H11BrF2O2. The quantitative estimate of drug-likeness (QED) is 0.630. The SMILES string of the molecule is CCOC(=O)C(Br)Cc1ccc(F)c(F)c1. The Morgan fingerprint density at radius 3 is 2.69 bits per heavy atom. The van der Waals surface area contributed by atoms with E-state index < -0.39 is 22.4 Å². The van der Waals surface area contributed by atoms with E-state index in [9.17, 15) is 13.6 Å². The minimum atomic E-state index is -0.916. The highest BCUT2D eigenvalue weighted by molar-refractivity contribution is 9.10. The number of carbonyl (C=O) groups excluding carboxylic acids is 1. The fourth-order valence-electron chi connectivity index (χ4n) is 1.19. The Morgan fingerprint density at radius 1 is 1.44 bits per heavy atom. The van der Waals surface area contributed by atoms with Crippen molar-refractivity contribution in [1.29, 1.82) is 0 Å². The summed E-state index contributed by atoms with van der Waals surface area (Å²) in [4.78, 5) is 10.7. The summed E-state index contributed by atoms with van der Waals surface area (Å²) in [7, 11) is 0. The fraction of sp³-hybridized carbons (Fsp3) is 0.364. The molecule has 16 heavy (non-hydrogen) atoms. The first-order valence-electron chi connectivity index (χ1n) is 4.79. The molecular weight excluding hydrogens is 282 g/mol. The molecule has 0 aromatic heterocycles. The molecule has 1 aromatic rings. The summed E-state index contributed by atoms with van der Waals surface area (Å²) in [6.45, 7) is 1.99. The average Bonchev–Trinajstić information content (AvgIpc) is 2.24. The lowest BCUT2D eigenvalue weighted by molar-refractivity contribution is -0.142. The molecule has 0 aliphatic rings. The lowest BCUT2D eigenvalue weighted by Gasteiger charge is -2.08. The van der Waals surface area contributed by atoms with Gasteiger partial charge in [-0.2, -0.15) is 0 Å². The third-order valence-corrected chi connectivity index (χ3v) is 2.64. The Kier molecular flexibility index (Phi) is 4.86. The van der Waals surface area contributed by atoms with Crippen molar-refractivity contribution in [2.45, 2.75) is 18.2 Å². The minimum Gasteiger partial charge on any atom is -0.465 e. The zero-order chi connectivity index (χ0) is 12.1. The number of carbonyl (C=O) groups is 1. The van der Waals surface area contributed by atoms with Crippen molar-refractivity contribution in [2.75, 3.05) is 6.61 Å². The maximum atomic E-state index is 12.9. The van der Waals surface area contributed by atoms with Crippen molar-refractivity contribution in [1.82, 2.24) is 0 Å². The van der Waals surface area contributed by atoms with Gasteiger partial charge in [-0.05, 0) is 31.0 Å². The molecule has 0 saturated heterocycles. The number of esters is 1. The van der Waals surface area contributed by atoms with Crippen LogP contribution in [0.1, 0.15) is 12.5 Å². The van der Waals surface area contributed by atoms with E-state index in [2.05, 4.69) is 15.9 Å². The average molecular weight is 293 g/mol. The molecule has 2 nitrogen and oxygen atoms in total. The van der Waals surface area contributed by atoms with Crippen LogP contribution in [0.25, 0.3) is 0 Å². The number of rotatable bonds is 4. The smallest absolute Gasteiger partial charge is 0.320 e. The van der Waals surface area contributed by atoms with E-state index in [1.807, 2.05) is 0 Å². The molecule has 0 saturated carbocycles. The molecule has 0 aliphatic heterocycles. The highest BCUT2D eigenvalue weighted by atomic mass is 79.9. The second kappa shape index (κ2) is 5.94. The van der Waals surface area contributed by atoms with Crippen molar-refractivity contribution in [3.63, 3.8) is 0 Å². The van der Waals surface area contributed by atoms with Gasteiger partial charge in [0.25, 0.3) is 0 Å². The molecule has 1 unspecified atom stereocenters. The van der Waals surface area contributed by atoms with E-state index in [4.69, 9.17) is 4.74 Å². The first kappa shape index (κ1) is 13.1.